The van der Waals surface area contributed by atoms with E-state index < -0.39 is 0 Å². The summed E-state index contributed by atoms with van der Waals surface area (Å²) in [7, 11) is 1.54. The molecule has 2 N–H and O–H groups in total. The molecular formula is C13H16FN3O. The Morgan fingerprint density at radius 2 is 2.33 bits per heavy atom. The SMILES string of the molecule is COc1cccc(F)c1C(C)NCc1cn[nH]c1. The van der Waals surface area contributed by atoms with Crippen molar-refractivity contribution in [1.29, 1.82) is 0 Å². The highest BCUT2D eigenvalue weighted by Crippen LogP contribution is 2.27. The highest BCUT2D eigenvalue weighted by molar-refractivity contribution is 5.36. The number of H-pyrrole nitrogens is 1. The van der Waals surface area contributed by atoms with Gasteiger partial charge in [0.25, 0.3) is 0 Å². The number of halogens is 1. The van der Waals surface area contributed by atoms with Gasteiger partial charge in [0.2, 0.25) is 0 Å². The van der Waals surface area contributed by atoms with Gasteiger partial charge in [-0.15, -0.1) is 0 Å². The number of benzene rings is 1. The number of rotatable bonds is 5. The normalized spacial score (nSPS) is 12.4. The number of aromatic amines is 1. The van der Waals surface area contributed by atoms with Crippen molar-refractivity contribution in [3.8, 4) is 5.75 Å². The van der Waals surface area contributed by atoms with Gasteiger partial charge in [-0.05, 0) is 19.1 Å². The number of hydrogen-bond donors (Lipinski definition) is 2. The van der Waals surface area contributed by atoms with Gasteiger partial charge >= 0.3 is 0 Å². The quantitative estimate of drug-likeness (QED) is 0.855. The lowest BCUT2D eigenvalue weighted by atomic mass is 10.1. The first kappa shape index (κ1) is 12.6. The minimum absolute atomic E-state index is 0.143. The molecule has 1 aromatic carbocycles. The smallest absolute Gasteiger partial charge is 0.131 e. The lowest BCUT2D eigenvalue weighted by Gasteiger charge is -2.17. The Morgan fingerprint density at radius 1 is 1.50 bits per heavy atom. The van der Waals surface area contributed by atoms with E-state index in [2.05, 4.69) is 15.5 Å². The van der Waals surface area contributed by atoms with Crippen LogP contribution >= 0.6 is 0 Å². The Hall–Kier alpha value is -1.88. The fourth-order valence-corrected chi connectivity index (χ4v) is 1.86. The van der Waals surface area contributed by atoms with E-state index in [4.69, 9.17) is 4.74 Å². The van der Waals surface area contributed by atoms with Gasteiger partial charge in [-0.3, -0.25) is 5.10 Å². The maximum absolute atomic E-state index is 13.8. The van der Waals surface area contributed by atoms with Crippen LogP contribution in [-0.2, 0) is 6.54 Å². The molecule has 0 amide bonds. The molecule has 0 bridgehead atoms. The lowest BCUT2D eigenvalue weighted by Crippen LogP contribution is -2.19. The molecule has 1 atom stereocenters. The molecule has 0 spiro atoms. The average Bonchev–Trinajstić information content (AvgIpc) is 2.88. The third-order valence-corrected chi connectivity index (χ3v) is 2.83. The molecular weight excluding hydrogens is 233 g/mol. The molecule has 1 heterocycles. The van der Waals surface area contributed by atoms with Crippen LogP contribution in [0.1, 0.15) is 24.1 Å². The fourth-order valence-electron chi connectivity index (χ4n) is 1.86. The summed E-state index contributed by atoms with van der Waals surface area (Å²) in [4.78, 5) is 0. The number of nitrogens with one attached hydrogen (secondary N) is 2. The van der Waals surface area contributed by atoms with Gasteiger partial charge in [0.05, 0.1) is 13.3 Å². The van der Waals surface area contributed by atoms with Crippen molar-refractivity contribution < 1.29 is 9.13 Å². The van der Waals surface area contributed by atoms with E-state index in [0.717, 1.165) is 5.56 Å². The van der Waals surface area contributed by atoms with Gasteiger partial charge < -0.3 is 10.1 Å². The second-order valence-corrected chi connectivity index (χ2v) is 4.06. The highest BCUT2D eigenvalue weighted by Gasteiger charge is 2.15. The zero-order chi connectivity index (χ0) is 13.0. The number of hydrogen-bond acceptors (Lipinski definition) is 3. The maximum atomic E-state index is 13.8. The van der Waals surface area contributed by atoms with Crippen molar-refractivity contribution in [2.45, 2.75) is 19.5 Å². The van der Waals surface area contributed by atoms with Crippen molar-refractivity contribution in [2.75, 3.05) is 7.11 Å². The molecule has 0 fully saturated rings. The Labute approximate surface area is 105 Å². The second kappa shape index (κ2) is 5.64. The first-order chi connectivity index (χ1) is 8.72. The van der Waals surface area contributed by atoms with Crippen molar-refractivity contribution in [1.82, 2.24) is 15.5 Å². The molecule has 0 radical (unpaired) electrons. The van der Waals surface area contributed by atoms with Gasteiger partial charge in [0.1, 0.15) is 11.6 Å². The van der Waals surface area contributed by atoms with E-state index in [0.29, 0.717) is 17.9 Å². The molecule has 18 heavy (non-hydrogen) atoms. The molecule has 0 aliphatic carbocycles. The van der Waals surface area contributed by atoms with E-state index >= 15 is 0 Å². The van der Waals surface area contributed by atoms with Gasteiger partial charge in [-0.25, -0.2) is 4.39 Å². The molecule has 1 aromatic heterocycles. The number of ether oxygens (including phenoxy) is 1. The highest BCUT2D eigenvalue weighted by atomic mass is 19.1. The van der Waals surface area contributed by atoms with Crippen LogP contribution in [0.4, 0.5) is 4.39 Å². The molecule has 2 rings (SSSR count). The van der Waals surface area contributed by atoms with Gasteiger partial charge in [0, 0.05) is 29.9 Å². The van der Waals surface area contributed by atoms with E-state index in [1.54, 1.807) is 31.6 Å². The Bertz CT molecular complexity index is 499. The van der Waals surface area contributed by atoms with Gasteiger partial charge in [-0.1, -0.05) is 6.07 Å². The summed E-state index contributed by atoms with van der Waals surface area (Å²) in [6.07, 6.45) is 3.54. The molecule has 2 aromatic rings. The standard InChI is InChI=1S/C13H16FN3O/c1-9(15-6-10-7-16-17-8-10)13-11(14)4-3-5-12(13)18-2/h3-5,7-9,15H,6H2,1-2H3,(H,16,17). The molecule has 1 unspecified atom stereocenters. The van der Waals surface area contributed by atoms with Crippen LogP contribution in [0.15, 0.2) is 30.6 Å². The Morgan fingerprint density at radius 3 is 3.00 bits per heavy atom. The summed E-state index contributed by atoms with van der Waals surface area (Å²) >= 11 is 0. The van der Waals surface area contributed by atoms with Crippen LogP contribution < -0.4 is 10.1 Å². The van der Waals surface area contributed by atoms with Crippen molar-refractivity contribution in [3.05, 3.63) is 47.5 Å². The van der Waals surface area contributed by atoms with Crippen LogP contribution in [0.3, 0.4) is 0 Å². The fraction of sp³-hybridized carbons (Fsp3) is 0.308. The first-order valence-corrected chi connectivity index (χ1v) is 5.76. The summed E-state index contributed by atoms with van der Waals surface area (Å²) in [5.41, 5.74) is 1.57. The van der Waals surface area contributed by atoms with E-state index in [1.165, 1.54) is 6.07 Å². The molecule has 0 saturated heterocycles. The first-order valence-electron chi connectivity index (χ1n) is 5.76. The molecule has 0 aliphatic rings. The van der Waals surface area contributed by atoms with Crippen molar-refractivity contribution in [3.63, 3.8) is 0 Å². The van der Waals surface area contributed by atoms with Crippen molar-refractivity contribution >= 4 is 0 Å². The predicted molar refractivity (Wildman–Crippen MR) is 66.8 cm³/mol. The largest absolute Gasteiger partial charge is 0.496 e. The summed E-state index contributed by atoms with van der Waals surface area (Å²) in [6.45, 7) is 2.52. The third-order valence-electron chi connectivity index (χ3n) is 2.83. The number of methoxy groups -OCH3 is 1. The zero-order valence-corrected chi connectivity index (χ0v) is 10.4. The van der Waals surface area contributed by atoms with E-state index in [-0.39, 0.29) is 11.9 Å². The summed E-state index contributed by atoms with van der Waals surface area (Å²) in [6, 6.07) is 4.69. The minimum Gasteiger partial charge on any atom is -0.496 e. The number of nitrogens with zero attached hydrogens (tertiary/aromatic N) is 1. The number of aromatic nitrogens is 2. The average molecular weight is 249 g/mol. The van der Waals surface area contributed by atoms with Crippen molar-refractivity contribution in [2.24, 2.45) is 0 Å². The van der Waals surface area contributed by atoms with Crippen LogP contribution in [0, 0.1) is 5.82 Å². The summed E-state index contributed by atoms with van der Waals surface area (Å²) < 4.78 is 19.0. The van der Waals surface area contributed by atoms with Gasteiger partial charge in [0.15, 0.2) is 0 Å². The Balaban J connectivity index is 2.10. The monoisotopic (exact) mass is 249 g/mol. The lowest BCUT2D eigenvalue weighted by molar-refractivity contribution is 0.393. The third kappa shape index (κ3) is 2.68. The van der Waals surface area contributed by atoms with Crippen LogP contribution in [-0.4, -0.2) is 17.3 Å². The van der Waals surface area contributed by atoms with Crippen LogP contribution in [0.25, 0.3) is 0 Å². The summed E-state index contributed by atoms with van der Waals surface area (Å²) in [5, 5.41) is 9.84. The van der Waals surface area contributed by atoms with Gasteiger partial charge in [-0.2, -0.15) is 5.10 Å². The molecule has 4 nitrogen and oxygen atoms in total. The second-order valence-electron chi connectivity index (χ2n) is 4.06. The van der Waals surface area contributed by atoms with Crippen LogP contribution in [0.2, 0.25) is 0 Å². The topological polar surface area (TPSA) is 49.9 Å². The van der Waals surface area contributed by atoms with E-state index in [1.807, 2.05) is 6.92 Å². The summed E-state index contributed by atoms with van der Waals surface area (Å²) in [5.74, 6) is 0.295. The maximum Gasteiger partial charge on any atom is 0.131 e. The zero-order valence-electron chi connectivity index (χ0n) is 10.4. The van der Waals surface area contributed by atoms with E-state index in [9.17, 15) is 4.39 Å². The molecule has 0 aliphatic heterocycles. The predicted octanol–water partition coefficient (Wildman–Crippen LogP) is 2.41. The molecule has 0 saturated carbocycles. The van der Waals surface area contributed by atoms with Crippen LogP contribution in [0.5, 0.6) is 5.75 Å². The Kier molecular flexibility index (Phi) is 3.94. The molecule has 96 valence electrons. The minimum atomic E-state index is -0.262. The molecule has 5 heteroatoms.